The van der Waals surface area contributed by atoms with Crippen molar-refractivity contribution >= 4 is 5.57 Å². The molecule has 0 atom stereocenters. The zero-order chi connectivity index (χ0) is 18.1. The summed E-state index contributed by atoms with van der Waals surface area (Å²) in [6.45, 7) is 8.28. The SMILES string of the molecule is C=C1C(C)=CC(c2cc(OC)c(CN3CC(O)C3)cc2OC)=CN1C. The number of β-amino-alcohol motifs (C(OH)–C–C–N with tert-alkyl or cyclic N) is 1. The van der Waals surface area contributed by atoms with Crippen LogP contribution in [-0.4, -0.2) is 55.4 Å². The number of methoxy groups -OCH3 is 2. The van der Waals surface area contributed by atoms with Crippen LogP contribution in [0.3, 0.4) is 0 Å². The highest BCUT2D eigenvalue weighted by molar-refractivity contribution is 5.81. The molecule has 134 valence electrons. The Morgan fingerprint density at radius 3 is 2.44 bits per heavy atom. The summed E-state index contributed by atoms with van der Waals surface area (Å²) >= 11 is 0. The lowest BCUT2D eigenvalue weighted by Gasteiger charge is -2.36. The summed E-state index contributed by atoms with van der Waals surface area (Å²) in [6.07, 6.45) is 3.96. The van der Waals surface area contributed by atoms with Crippen molar-refractivity contribution in [3.05, 3.63) is 53.4 Å². The van der Waals surface area contributed by atoms with E-state index in [0.717, 1.165) is 46.0 Å². The van der Waals surface area contributed by atoms with E-state index in [2.05, 4.69) is 30.7 Å². The van der Waals surface area contributed by atoms with E-state index in [1.165, 1.54) is 0 Å². The Balaban J connectivity index is 1.97. The highest BCUT2D eigenvalue weighted by Crippen LogP contribution is 2.37. The number of allylic oxidation sites excluding steroid dienone is 3. The van der Waals surface area contributed by atoms with Crippen molar-refractivity contribution in [2.75, 3.05) is 34.4 Å². The van der Waals surface area contributed by atoms with E-state index < -0.39 is 0 Å². The third-order valence-electron chi connectivity index (χ3n) is 4.83. The monoisotopic (exact) mass is 342 g/mol. The maximum atomic E-state index is 9.49. The summed E-state index contributed by atoms with van der Waals surface area (Å²) in [5, 5.41) is 9.49. The van der Waals surface area contributed by atoms with E-state index in [1.807, 2.05) is 24.1 Å². The van der Waals surface area contributed by atoms with Gasteiger partial charge in [-0.05, 0) is 30.7 Å². The predicted molar refractivity (Wildman–Crippen MR) is 99.5 cm³/mol. The Kier molecular flexibility index (Phi) is 4.88. The van der Waals surface area contributed by atoms with Gasteiger partial charge in [-0.1, -0.05) is 6.58 Å². The molecular formula is C20H26N2O3. The van der Waals surface area contributed by atoms with Crippen LogP contribution in [-0.2, 0) is 6.54 Å². The summed E-state index contributed by atoms with van der Waals surface area (Å²) in [5.41, 5.74) is 5.23. The zero-order valence-electron chi connectivity index (χ0n) is 15.4. The van der Waals surface area contributed by atoms with Crippen LogP contribution in [0.2, 0.25) is 0 Å². The molecule has 0 spiro atoms. The third kappa shape index (κ3) is 3.43. The van der Waals surface area contributed by atoms with Crippen LogP contribution in [0.4, 0.5) is 0 Å². The lowest BCUT2D eigenvalue weighted by molar-refractivity contribution is -0.00324. The molecule has 0 saturated carbocycles. The summed E-state index contributed by atoms with van der Waals surface area (Å²) < 4.78 is 11.3. The molecule has 1 N–H and O–H groups in total. The first-order valence-corrected chi connectivity index (χ1v) is 8.40. The first-order chi connectivity index (χ1) is 11.9. The first-order valence-electron chi connectivity index (χ1n) is 8.40. The van der Waals surface area contributed by atoms with Crippen LogP contribution in [0.15, 0.2) is 42.3 Å². The molecule has 5 nitrogen and oxygen atoms in total. The van der Waals surface area contributed by atoms with Crippen LogP contribution in [0.1, 0.15) is 18.1 Å². The number of ether oxygens (including phenoxy) is 2. The minimum absolute atomic E-state index is 0.212. The van der Waals surface area contributed by atoms with Gasteiger partial charge in [0.1, 0.15) is 11.5 Å². The molecule has 25 heavy (non-hydrogen) atoms. The fraction of sp³-hybridized carbons (Fsp3) is 0.400. The molecular weight excluding hydrogens is 316 g/mol. The van der Waals surface area contributed by atoms with Crippen LogP contribution in [0.25, 0.3) is 5.57 Å². The molecule has 0 aromatic heterocycles. The Morgan fingerprint density at radius 1 is 1.20 bits per heavy atom. The maximum Gasteiger partial charge on any atom is 0.127 e. The number of likely N-dealkylation sites (tertiary alicyclic amines) is 1. The van der Waals surface area contributed by atoms with Crippen molar-refractivity contribution in [3.8, 4) is 11.5 Å². The van der Waals surface area contributed by atoms with Crippen LogP contribution in [0, 0.1) is 0 Å². The molecule has 0 radical (unpaired) electrons. The summed E-state index contributed by atoms with van der Waals surface area (Å²) in [6, 6.07) is 4.06. The lowest BCUT2D eigenvalue weighted by atomic mass is 9.97. The van der Waals surface area contributed by atoms with Gasteiger partial charge >= 0.3 is 0 Å². The largest absolute Gasteiger partial charge is 0.496 e. The van der Waals surface area contributed by atoms with Gasteiger partial charge in [-0.2, -0.15) is 0 Å². The average molecular weight is 342 g/mol. The number of hydrogen-bond acceptors (Lipinski definition) is 5. The van der Waals surface area contributed by atoms with Gasteiger partial charge in [-0.15, -0.1) is 0 Å². The third-order valence-corrected chi connectivity index (χ3v) is 4.83. The molecule has 2 aliphatic heterocycles. The van der Waals surface area contributed by atoms with Crippen molar-refractivity contribution in [1.29, 1.82) is 0 Å². The van der Waals surface area contributed by atoms with Crippen LogP contribution in [0.5, 0.6) is 11.5 Å². The van der Waals surface area contributed by atoms with E-state index in [4.69, 9.17) is 9.47 Å². The van der Waals surface area contributed by atoms with Crippen molar-refractivity contribution in [2.24, 2.45) is 0 Å². The molecule has 1 fully saturated rings. The van der Waals surface area contributed by atoms with Crippen molar-refractivity contribution in [1.82, 2.24) is 9.80 Å². The molecule has 3 rings (SSSR count). The summed E-state index contributed by atoms with van der Waals surface area (Å²) in [7, 11) is 5.36. The Hall–Kier alpha value is -2.24. The second-order valence-electron chi connectivity index (χ2n) is 6.68. The molecule has 0 unspecified atom stereocenters. The Bertz CT molecular complexity index is 746. The van der Waals surface area contributed by atoms with Gasteiger partial charge in [0.2, 0.25) is 0 Å². The molecule has 1 aromatic rings. The fourth-order valence-corrected chi connectivity index (χ4v) is 3.29. The summed E-state index contributed by atoms with van der Waals surface area (Å²) in [4.78, 5) is 4.20. The molecule has 1 saturated heterocycles. The Labute approximate surface area is 149 Å². The number of hydrogen-bond donors (Lipinski definition) is 1. The number of benzene rings is 1. The fourth-order valence-electron chi connectivity index (χ4n) is 3.29. The standard InChI is InChI=1S/C20H26N2O3/c1-13-6-15(9-21(3)14(13)2)18-8-19(24-4)16(7-20(18)25-5)10-22-11-17(23)12-22/h6-9,17,23H,2,10-12H2,1,3-5H3. The van der Waals surface area contributed by atoms with Gasteiger partial charge in [0.05, 0.1) is 20.3 Å². The Morgan fingerprint density at radius 2 is 1.88 bits per heavy atom. The van der Waals surface area contributed by atoms with Crippen molar-refractivity contribution < 1.29 is 14.6 Å². The molecule has 0 amide bonds. The minimum atomic E-state index is -0.212. The van der Waals surface area contributed by atoms with E-state index in [0.29, 0.717) is 13.1 Å². The molecule has 2 aliphatic rings. The van der Waals surface area contributed by atoms with Crippen LogP contribution >= 0.6 is 0 Å². The molecule has 5 heteroatoms. The van der Waals surface area contributed by atoms with E-state index >= 15 is 0 Å². The van der Waals surface area contributed by atoms with Gasteiger partial charge in [-0.3, -0.25) is 4.90 Å². The topological polar surface area (TPSA) is 45.2 Å². The predicted octanol–water partition coefficient (Wildman–Crippen LogP) is 2.63. The molecule has 1 aromatic carbocycles. The number of rotatable bonds is 5. The highest BCUT2D eigenvalue weighted by atomic mass is 16.5. The number of likely N-dealkylation sites (N-methyl/N-ethyl adjacent to an activating group) is 1. The quantitative estimate of drug-likeness (QED) is 0.891. The second kappa shape index (κ2) is 6.94. The van der Waals surface area contributed by atoms with E-state index in [9.17, 15) is 5.11 Å². The smallest absolute Gasteiger partial charge is 0.127 e. The minimum Gasteiger partial charge on any atom is -0.496 e. The lowest BCUT2D eigenvalue weighted by Crippen LogP contribution is -2.49. The summed E-state index contributed by atoms with van der Waals surface area (Å²) in [5.74, 6) is 1.64. The number of aliphatic hydroxyl groups excluding tert-OH is 1. The maximum absolute atomic E-state index is 9.49. The molecule has 0 bridgehead atoms. The van der Waals surface area contributed by atoms with Crippen molar-refractivity contribution in [3.63, 3.8) is 0 Å². The van der Waals surface area contributed by atoms with E-state index in [-0.39, 0.29) is 6.10 Å². The second-order valence-corrected chi connectivity index (χ2v) is 6.68. The number of aliphatic hydroxyl groups is 1. The highest BCUT2D eigenvalue weighted by Gasteiger charge is 2.26. The van der Waals surface area contributed by atoms with Gasteiger partial charge in [0.15, 0.2) is 0 Å². The molecule has 0 aliphatic carbocycles. The van der Waals surface area contributed by atoms with Crippen molar-refractivity contribution in [2.45, 2.75) is 19.6 Å². The average Bonchev–Trinajstić information content (AvgIpc) is 2.57. The van der Waals surface area contributed by atoms with E-state index in [1.54, 1.807) is 14.2 Å². The molecule has 2 heterocycles. The normalized spacial score (nSPS) is 18.6. The van der Waals surface area contributed by atoms with Crippen LogP contribution < -0.4 is 9.47 Å². The van der Waals surface area contributed by atoms with Gasteiger partial charge in [0, 0.05) is 55.3 Å². The number of nitrogens with zero attached hydrogens (tertiary/aromatic N) is 2. The first kappa shape index (κ1) is 17.6. The van der Waals surface area contributed by atoms with Gasteiger partial charge in [-0.25, -0.2) is 0 Å². The zero-order valence-corrected chi connectivity index (χ0v) is 15.4. The van der Waals surface area contributed by atoms with Gasteiger partial charge in [0.25, 0.3) is 0 Å². The van der Waals surface area contributed by atoms with Gasteiger partial charge < -0.3 is 19.5 Å².